The summed E-state index contributed by atoms with van der Waals surface area (Å²) in [6.07, 6.45) is 0.743. The smallest absolute Gasteiger partial charge is 0.165 e. The maximum absolute atomic E-state index is 13.8. The molecule has 106 valence electrons. The van der Waals surface area contributed by atoms with Crippen molar-refractivity contribution in [3.63, 3.8) is 0 Å². The molecule has 1 N–H and O–H groups in total. The van der Waals surface area contributed by atoms with Gasteiger partial charge in [0.25, 0.3) is 0 Å². The lowest BCUT2D eigenvalue weighted by Gasteiger charge is -2.04. The summed E-state index contributed by atoms with van der Waals surface area (Å²) >= 11 is 5.96. The first-order valence-corrected chi connectivity index (χ1v) is 6.62. The molecule has 5 heteroatoms. The average molecular weight is 304 g/mol. The molecular weight excluding hydrogens is 293 g/mol. The van der Waals surface area contributed by atoms with Crippen molar-refractivity contribution in [3.8, 4) is 17.0 Å². The van der Waals surface area contributed by atoms with Crippen LogP contribution in [0.1, 0.15) is 10.4 Å². The van der Waals surface area contributed by atoms with Crippen LogP contribution in [0.4, 0.5) is 4.39 Å². The molecule has 0 amide bonds. The zero-order chi connectivity index (χ0) is 15.0. The van der Waals surface area contributed by atoms with Crippen LogP contribution in [0, 0.1) is 5.82 Å². The Morgan fingerprint density at radius 1 is 1.24 bits per heavy atom. The third-order valence-electron chi connectivity index (χ3n) is 3.36. The predicted molar refractivity (Wildman–Crippen MR) is 80.6 cm³/mol. The Hall–Kier alpha value is -2.33. The molecule has 0 atom stereocenters. The van der Waals surface area contributed by atoms with E-state index in [1.54, 1.807) is 24.3 Å². The first-order valence-electron chi connectivity index (χ1n) is 6.24. The molecule has 0 fully saturated rings. The van der Waals surface area contributed by atoms with E-state index in [0.29, 0.717) is 27.2 Å². The maximum atomic E-state index is 13.8. The highest BCUT2D eigenvalue weighted by molar-refractivity contribution is 6.31. The minimum atomic E-state index is -0.483. The molecule has 0 aliphatic rings. The van der Waals surface area contributed by atoms with Gasteiger partial charge in [0.15, 0.2) is 17.9 Å². The number of nitrogens with one attached hydrogen (secondary N) is 1. The van der Waals surface area contributed by atoms with Gasteiger partial charge in [0.1, 0.15) is 0 Å². The fourth-order valence-corrected chi connectivity index (χ4v) is 2.53. The molecule has 0 aliphatic carbocycles. The third kappa shape index (κ3) is 2.28. The molecule has 3 rings (SSSR count). The van der Waals surface area contributed by atoms with Gasteiger partial charge in [0.05, 0.1) is 12.8 Å². The average Bonchev–Trinajstić information content (AvgIpc) is 2.84. The third-order valence-corrected chi connectivity index (χ3v) is 3.59. The highest BCUT2D eigenvalue weighted by Gasteiger charge is 2.14. The fourth-order valence-electron chi connectivity index (χ4n) is 2.36. The molecule has 0 bridgehead atoms. The Kier molecular flexibility index (Phi) is 3.39. The van der Waals surface area contributed by atoms with Crippen molar-refractivity contribution < 1.29 is 13.9 Å². The summed E-state index contributed by atoms with van der Waals surface area (Å²) in [5.74, 6) is -0.325. The first-order chi connectivity index (χ1) is 10.1. The summed E-state index contributed by atoms with van der Waals surface area (Å²) in [5.41, 5.74) is 2.36. The number of halogens is 2. The van der Waals surface area contributed by atoms with Gasteiger partial charge in [-0.2, -0.15) is 0 Å². The number of rotatable bonds is 3. The van der Waals surface area contributed by atoms with Crippen LogP contribution in [0.2, 0.25) is 5.02 Å². The second-order valence-corrected chi connectivity index (χ2v) is 5.01. The number of ether oxygens (including phenoxy) is 1. The van der Waals surface area contributed by atoms with Crippen LogP contribution in [0.3, 0.4) is 0 Å². The Labute approximate surface area is 125 Å². The lowest BCUT2D eigenvalue weighted by Crippen LogP contribution is -1.90. The lowest BCUT2D eigenvalue weighted by molar-refractivity contribution is 0.112. The number of aromatic amines is 1. The minimum absolute atomic E-state index is 0.158. The highest BCUT2D eigenvalue weighted by atomic mass is 35.5. The zero-order valence-electron chi connectivity index (χ0n) is 11.1. The van der Waals surface area contributed by atoms with Gasteiger partial charge in [0, 0.05) is 27.1 Å². The molecule has 3 aromatic rings. The summed E-state index contributed by atoms with van der Waals surface area (Å²) in [6.45, 7) is 0. The van der Waals surface area contributed by atoms with Gasteiger partial charge in [-0.25, -0.2) is 4.39 Å². The summed E-state index contributed by atoms with van der Waals surface area (Å²) in [4.78, 5) is 14.5. The molecule has 1 heterocycles. The van der Waals surface area contributed by atoms with E-state index in [2.05, 4.69) is 4.98 Å². The van der Waals surface area contributed by atoms with Crippen LogP contribution in [-0.4, -0.2) is 18.4 Å². The van der Waals surface area contributed by atoms with Gasteiger partial charge >= 0.3 is 0 Å². The Bertz CT molecular complexity index is 842. The monoisotopic (exact) mass is 303 g/mol. The van der Waals surface area contributed by atoms with Crippen molar-refractivity contribution in [2.75, 3.05) is 7.11 Å². The van der Waals surface area contributed by atoms with Crippen molar-refractivity contribution >= 4 is 28.8 Å². The van der Waals surface area contributed by atoms with Gasteiger partial charge in [-0.3, -0.25) is 4.79 Å². The van der Waals surface area contributed by atoms with Crippen LogP contribution < -0.4 is 4.74 Å². The molecule has 0 saturated carbocycles. The number of benzene rings is 2. The van der Waals surface area contributed by atoms with Gasteiger partial charge < -0.3 is 9.72 Å². The number of H-pyrrole nitrogens is 1. The molecule has 21 heavy (non-hydrogen) atoms. The van der Waals surface area contributed by atoms with Gasteiger partial charge in [-0.05, 0) is 36.4 Å². The van der Waals surface area contributed by atoms with E-state index in [9.17, 15) is 9.18 Å². The SMILES string of the molecule is COc1ccc(-c2[nH]c3ccc(Cl)cc3c2C=O)cc1F. The number of carbonyl (C=O) groups is 1. The van der Waals surface area contributed by atoms with Crippen LogP contribution in [0.5, 0.6) is 5.75 Å². The molecule has 0 unspecified atom stereocenters. The second kappa shape index (κ2) is 5.22. The molecule has 1 aromatic heterocycles. The quantitative estimate of drug-likeness (QED) is 0.726. The zero-order valence-corrected chi connectivity index (χ0v) is 11.9. The highest BCUT2D eigenvalue weighted by Crippen LogP contribution is 2.32. The number of hydrogen-bond donors (Lipinski definition) is 1. The molecule has 0 saturated heterocycles. The number of aromatic nitrogens is 1. The van der Waals surface area contributed by atoms with Crippen molar-refractivity contribution in [2.24, 2.45) is 0 Å². The normalized spacial score (nSPS) is 10.8. The van der Waals surface area contributed by atoms with E-state index >= 15 is 0 Å². The summed E-state index contributed by atoms with van der Waals surface area (Å²) in [6, 6.07) is 9.78. The molecule has 2 aromatic carbocycles. The first kappa shape index (κ1) is 13.6. The largest absolute Gasteiger partial charge is 0.494 e. The maximum Gasteiger partial charge on any atom is 0.165 e. The van der Waals surface area contributed by atoms with Crippen molar-refractivity contribution in [1.29, 1.82) is 0 Å². The molecule has 3 nitrogen and oxygen atoms in total. The molecular formula is C16H11ClFNO2. The van der Waals surface area contributed by atoms with Crippen molar-refractivity contribution in [1.82, 2.24) is 4.98 Å². The molecule has 0 aliphatic heterocycles. The number of fused-ring (bicyclic) bond motifs is 1. The Balaban J connectivity index is 2.24. The summed E-state index contributed by atoms with van der Waals surface area (Å²) < 4.78 is 18.7. The second-order valence-electron chi connectivity index (χ2n) is 4.57. The van der Waals surface area contributed by atoms with Gasteiger partial charge in [0.2, 0.25) is 0 Å². The lowest BCUT2D eigenvalue weighted by atomic mass is 10.1. The van der Waals surface area contributed by atoms with Crippen molar-refractivity contribution in [3.05, 3.63) is 52.8 Å². The Morgan fingerprint density at radius 3 is 2.71 bits per heavy atom. The van der Waals surface area contributed by atoms with E-state index in [4.69, 9.17) is 16.3 Å². The number of carbonyl (C=O) groups excluding carboxylic acids is 1. The molecule has 0 spiro atoms. The van der Waals surface area contributed by atoms with Crippen molar-refractivity contribution in [2.45, 2.75) is 0 Å². The molecule has 0 radical (unpaired) electrons. The van der Waals surface area contributed by atoms with E-state index in [1.807, 2.05) is 0 Å². The van der Waals surface area contributed by atoms with E-state index in [1.165, 1.54) is 19.2 Å². The Morgan fingerprint density at radius 2 is 2.05 bits per heavy atom. The number of methoxy groups -OCH3 is 1. The van der Waals surface area contributed by atoms with E-state index in [-0.39, 0.29) is 5.75 Å². The summed E-state index contributed by atoms with van der Waals surface area (Å²) in [7, 11) is 1.40. The fraction of sp³-hybridized carbons (Fsp3) is 0.0625. The van der Waals surface area contributed by atoms with Crippen LogP contribution >= 0.6 is 11.6 Å². The van der Waals surface area contributed by atoms with Crippen LogP contribution in [-0.2, 0) is 0 Å². The minimum Gasteiger partial charge on any atom is -0.494 e. The number of aldehydes is 1. The van der Waals surface area contributed by atoms with Gasteiger partial charge in [-0.15, -0.1) is 0 Å². The van der Waals surface area contributed by atoms with Crippen LogP contribution in [0.15, 0.2) is 36.4 Å². The number of hydrogen-bond acceptors (Lipinski definition) is 2. The van der Waals surface area contributed by atoms with E-state index in [0.717, 1.165) is 11.8 Å². The predicted octanol–water partition coefficient (Wildman–Crippen LogP) is 4.45. The van der Waals surface area contributed by atoms with Gasteiger partial charge in [-0.1, -0.05) is 11.6 Å². The summed E-state index contributed by atoms with van der Waals surface area (Å²) in [5, 5.41) is 1.25. The van der Waals surface area contributed by atoms with E-state index < -0.39 is 5.82 Å². The van der Waals surface area contributed by atoms with Crippen LogP contribution in [0.25, 0.3) is 22.2 Å². The standard InChI is InChI=1S/C16H11ClFNO2/c1-21-15-5-2-9(6-13(15)18)16-12(8-20)11-7-10(17)3-4-14(11)19-16/h2-8,19H,1H3. The topological polar surface area (TPSA) is 42.1 Å².